The van der Waals surface area contributed by atoms with Gasteiger partial charge in [0.2, 0.25) is 0 Å². The van der Waals surface area contributed by atoms with Crippen molar-refractivity contribution < 1.29 is 9.90 Å². The summed E-state index contributed by atoms with van der Waals surface area (Å²) in [5.74, 6) is 0.486. The molecule has 0 radical (unpaired) electrons. The van der Waals surface area contributed by atoms with Crippen molar-refractivity contribution >= 4 is 6.03 Å². The van der Waals surface area contributed by atoms with E-state index in [2.05, 4.69) is 19.2 Å². The Morgan fingerprint density at radius 1 is 1.24 bits per heavy atom. The minimum Gasteiger partial charge on any atom is -0.390 e. The Balaban J connectivity index is 2.68. The number of urea groups is 1. The average Bonchev–Trinajstić information content (AvgIpc) is 2.50. The van der Waals surface area contributed by atoms with Crippen LogP contribution >= 0.6 is 0 Å². The van der Waals surface area contributed by atoms with E-state index in [-0.39, 0.29) is 18.1 Å². The van der Waals surface area contributed by atoms with Crippen molar-refractivity contribution in [3.63, 3.8) is 0 Å². The van der Waals surface area contributed by atoms with Gasteiger partial charge in [0.15, 0.2) is 0 Å². The number of nitrogens with zero attached hydrogens (tertiary/aromatic N) is 1. The summed E-state index contributed by atoms with van der Waals surface area (Å²) in [6.45, 7) is 10.9. The third-order valence-corrected chi connectivity index (χ3v) is 3.96. The van der Waals surface area contributed by atoms with Crippen LogP contribution in [0.2, 0.25) is 0 Å². The first-order valence-electron chi connectivity index (χ1n) is 9.13. The van der Waals surface area contributed by atoms with Gasteiger partial charge < -0.3 is 21.1 Å². The molecule has 0 heterocycles. The molecule has 0 unspecified atom stereocenters. The molecular formula is C20H35N3O2. The van der Waals surface area contributed by atoms with E-state index in [4.69, 9.17) is 5.73 Å². The summed E-state index contributed by atoms with van der Waals surface area (Å²) < 4.78 is 0. The summed E-state index contributed by atoms with van der Waals surface area (Å²) in [4.78, 5) is 14.2. The third-order valence-electron chi connectivity index (χ3n) is 3.96. The maximum absolute atomic E-state index is 12.6. The Kier molecular flexibility index (Phi) is 8.39. The van der Waals surface area contributed by atoms with E-state index in [1.54, 1.807) is 4.90 Å². The monoisotopic (exact) mass is 349 g/mol. The topological polar surface area (TPSA) is 78.6 Å². The fraction of sp³-hybridized carbons (Fsp3) is 0.650. The lowest BCUT2D eigenvalue weighted by Crippen LogP contribution is -2.53. The molecule has 0 aliphatic carbocycles. The highest BCUT2D eigenvalue weighted by Crippen LogP contribution is 2.10. The smallest absolute Gasteiger partial charge is 0.317 e. The largest absolute Gasteiger partial charge is 0.390 e. The Bertz CT molecular complexity index is 511. The Morgan fingerprint density at radius 2 is 1.84 bits per heavy atom. The zero-order valence-electron chi connectivity index (χ0n) is 16.3. The lowest BCUT2D eigenvalue weighted by molar-refractivity contribution is 0.0962. The molecule has 1 aromatic carbocycles. The van der Waals surface area contributed by atoms with Gasteiger partial charge in [-0.2, -0.15) is 0 Å². The molecule has 0 bridgehead atoms. The van der Waals surface area contributed by atoms with Crippen LogP contribution in [0.5, 0.6) is 0 Å². The minimum atomic E-state index is -0.766. The summed E-state index contributed by atoms with van der Waals surface area (Å²) in [6, 6.07) is 9.30. The van der Waals surface area contributed by atoms with Crippen LogP contribution in [-0.2, 0) is 6.42 Å². The van der Waals surface area contributed by atoms with Gasteiger partial charge in [-0.25, -0.2) is 4.79 Å². The first-order chi connectivity index (χ1) is 11.6. The molecule has 0 spiro atoms. The van der Waals surface area contributed by atoms with E-state index < -0.39 is 12.1 Å². The molecule has 5 nitrogen and oxygen atoms in total. The molecule has 5 heteroatoms. The number of hydrogen-bond acceptors (Lipinski definition) is 3. The van der Waals surface area contributed by atoms with Crippen molar-refractivity contribution in [1.82, 2.24) is 10.2 Å². The number of amides is 2. The molecule has 0 aliphatic heterocycles. The van der Waals surface area contributed by atoms with Gasteiger partial charge >= 0.3 is 6.03 Å². The van der Waals surface area contributed by atoms with Gasteiger partial charge in [0, 0.05) is 24.7 Å². The van der Waals surface area contributed by atoms with E-state index in [0.29, 0.717) is 18.9 Å². The predicted molar refractivity (Wildman–Crippen MR) is 103 cm³/mol. The highest BCUT2D eigenvalue weighted by atomic mass is 16.3. The van der Waals surface area contributed by atoms with Crippen molar-refractivity contribution in [3.8, 4) is 0 Å². The van der Waals surface area contributed by atoms with Crippen molar-refractivity contribution in [2.45, 2.75) is 65.1 Å². The Hall–Kier alpha value is -1.59. The quantitative estimate of drug-likeness (QED) is 0.675. The molecule has 25 heavy (non-hydrogen) atoms. The summed E-state index contributed by atoms with van der Waals surface area (Å²) in [5, 5.41) is 13.5. The van der Waals surface area contributed by atoms with E-state index in [1.165, 1.54) is 0 Å². The van der Waals surface area contributed by atoms with Gasteiger partial charge in [0.1, 0.15) is 0 Å². The molecule has 0 saturated carbocycles. The number of nitrogens with two attached hydrogens (primary N) is 1. The molecule has 0 saturated heterocycles. The van der Waals surface area contributed by atoms with Gasteiger partial charge in [0.25, 0.3) is 0 Å². The van der Waals surface area contributed by atoms with Crippen LogP contribution in [0, 0.1) is 5.92 Å². The Morgan fingerprint density at radius 3 is 2.36 bits per heavy atom. The molecule has 142 valence electrons. The van der Waals surface area contributed by atoms with Crippen LogP contribution in [0.3, 0.4) is 0 Å². The maximum atomic E-state index is 12.6. The second-order valence-electron chi connectivity index (χ2n) is 8.23. The van der Waals surface area contributed by atoms with Gasteiger partial charge in [-0.15, -0.1) is 0 Å². The van der Waals surface area contributed by atoms with Crippen molar-refractivity contribution in [2.24, 2.45) is 11.7 Å². The molecule has 4 N–H and O–H groups in total. The summed E-state index contributed by atoms with van der Waals surface area (Å²) >= 11 is 0. The predicted octanol–water partition coefficient (Wildman–Crippen LogP) is 2.77. The van der Waals surface area contributed by atoms with Gasteiger partial charge in [-0.3, -0.25) is 0 Å². The van der Waals surface area contributed by atoms with Crippen molar-refractivity contribution in [1.29, 1.82) is 0 Å². The van der Waals surface area contributed by atoms with Gasteiger partial charge in [-0.1, -0.05) is 44.2 Å². The number of hydrogen-bond donors (Lipinski definition) is 3. The van der Waals surface area contributed by atoms with Gasteiger partial charge in [-0.05, 0) is 45.1 Å². The SMILES string of the molecule is CC(C)CCN(C[C@@H](O)[C@@H](N)Cc1ccccc1)C(=O)NC(C)(C)C. The normalized spacial score (nSPS) is 14.2. The van der Waals surface area contributed by atoms with E-state index in [0.717, 1.165) is 12.0 Å². The number of aliphatic hydroxyl groups is 1. The van der Waals surface area contributed by atoms with Crippen molar-refractivity contribution in [3.05, 3.63) is 35.9 Å². The molecule has 1 aromatic rings. The molecular weight excluding hydrogens is 314 g/mol. The fourth-order valence-corrected chi connectivity index (χ4v) is 2.47. The van der Waals surface area contributed by atoms with Crippen molar-refractivity contribution in [2.75, 3.05) is 13.1 Å². The highest BCUT2D eigenvalue weighted by Gasteiger charge is 2.24. The standard InChI is InChI=1S/C20H35N3O2/c1-15(2)11-12-23(19(25)22-20(3,4)5)14-18(24)17(21)13-16-9-7-6-8-10-16/h6-10,15,17-18,24H,11-14,21H2,1-5H3,(H,22,25)/t17-,18+/m0/s1. The maximum Gasteiger partial charge on any atom is 0.317 e. The molecule has 2 atom stereocenters. The summed E-state index contributed by atoms with van der Waals surface area (Å²) in [6.07, 6.45) is 0.706. The average molecular weight is 350 g/mol. The summed E-state index contributed by atoms with van der Waals surface area (Å²) in [7, 11) is 0. The number of carbonyl (C=O) groups excluding carboxylic acids is 1. The first-order valence-corrected chi connectivity index (χ1v) is 9.13. The molecule has 0 aromatic heterocycles. The zero-order valence-corrected chi connectivity index (χ0v) is 16.3. The van der Waals surface area contributed by atoms with Gasteiger partial charge in [0.05, 0.1) is 6.10 Å². The molecule has 0 fully saturated rings. The second kappa shape index (κ2) is 9.78. The van der Waals surface area contributed by atoms with Crippen LogP contribution in [0.25, 0.3) is 0 Å². The van der Waals surface area contributed by atoms with E-state index in [1.807, 2.05) is 51.1 Å². The lowest BCUT2D eigenvalue weighted by Gasteiger charge is -2.31. The zero-order chi connectivity index (χ0) is 19.0. The van der Waals surface area contributed by atoms with Crippen LogP contribution in [0.15, 0.2) is 30.3 Å². The number of benzene rings is 1. The van der Waals surface area contributed by atoms with Crippen LogP contribution in [0.4, 0.5) is 4.79 Å². The number of carbonyl (C=O) groups is 1. The molecule has 2 amide bonds. The van der Waals surface area contributed by atoms with Crippen LogP contribution in [-0.4, -0.2) is 46.8 Å². The van der Waals surface area contributed by atoms with E-state index >= 15 is 0 Å². The highest BCUT2D eigenvalue weighted by molar-refractivity contribution is 5.75. The second-order valence-corrected chi connectivity index (χ2v) is 8.23. The van der Waals surface area contributed by atoms with E-state index in [9.17, 15) is 9.90 Å². The van der Waals surface area contributed by atoms with Crippen LogP contribution in [0.1, 0.15) is 46.6 Å². The number of nitrogens with one attached hydrogen (secondary N) is 1. The minimum absolute atomic E-state index is 0.154. The fourth-order valence-electron chi connectivity index (χ4n) is 2.47. The lowest BCUT2D eigenvalue weighted by atomic mass is 10.0. The molecule has 1 rings (SSSR count). The summed E-state index contributed by atoms with van der Waals surface area (Å²) in [5.41, 5.74) is 6.94. The number of aliphatic hydroxyl groups excluding tert-OH is 1. The Labute approximate surface area is 152 Å². The number of rotatable bonds is 8. The third kappa shape index (κ3) is 8.89. The molecule has 0 aliphatic rings. The first kappa shape index (κ1) is 21.5. The van der Waals surface area contributed by atoms with Crippen LogP contribution < -0.4 is 11.1 Å².